The third kappa shape index (κ3) is 6.64. The van der Waals surface area contributed by atoms with Gasteiger partial charge in [0.05, 0.1) is 5.92 Å². The van der Waals surface area contributed by atoms with E-state index < -0.39 is 35.2 Å². The molecule has 0 amide bonds. The average molecular weight is 504 g/mol. The Morgan fingerprint density at radius 3 is 2.05 bits per heavy atom. The summed E-state index contributed by atoms with van der Waals surface area (Å²) in [7, 11) is 0. The number of phenols is 1. The van der Waals surface area contributed by atoms with Crippen LogP contribution < -0.4 is 0 Å². The van der Waals surface area contributed by atoms with Gasteiger partial charge >= 0.3 is 11.9 Å². The van der Waals surface area contributed by atoms with Gasteiger partial charge in [0.2, 0.25) is 0 Å². The van der Waals surface area contributed by atoms with Crippen molar-refractivity contribution in [2.75, 3.05) is 0 Å². The first-order chi connectivity index (χ1) is 17.6. The maximum Gasteiger partial charge on any atom is 0.339 e. The monoisotopic (exact) mass is 504 g/mol. The molecule has 0 aliphatic carbocycles. The number of aromatic carboxylic acids is 1. The first-order valence-corrected chi connectivity index (χ1v) is 11.0. The summed E-state index contributed by atoms with van der Waals surface area (Å²) < 4.78 is 26.3. The fraction of sp³-hybridized carbons (Fsp3) is 0.0690. The van der Waals surface area contributed by atoms with E-state index in [9.17, 15) is 28.3 Å². The van der Waals surface area contributed by atoms with Gasteiger partial charge in [-0.15, -0.1) is 0 Å². The third-order valence-electron chi connectivity index (χ3n) is 5.52. The van der Waals surface area contributed by atoms with Crippen molar-refractivity contribution >= 4 is 17.7 Å². The van der Waals surface area contributed by atoms with Crippen LogP contribution in [0.15, 0.2) is 91.0 Å². The molecule has 4 rings (SSSR count). The lowest BCUT2D eigenvalue weighted by Crippen LogP contribution is -2.09. The van der Waals surface area contributed by atoms with Crippen molar-refractivity contribution in [1.29, 1.82) is 0 Å². The van der Waals surface area contributed by atoms with Crippen LogP contribution in [0, 0.1) is 11.6 Å². The molecular formula is C29H22F2O6. The van der Waals surface area contributed by atoms with Crippen LogP contribution in [0.2, 0.25) is 0 Å². The van der Waals surface area contributed by atoms with Gasteiger partial charge in [-0.25, -0.2) is 13.6 Å². The molecule has 1 atom stereocenters. The van der Waals surface area contributed by atoms with E-state index >= 15 is 0 Å². The van der Waals surface area contributed by atoms with Crippen LogP contribution >= 0.6 is 0 Å². The van der Waals surface area contributed by atoms with Crippen LogP contribution in [0.3, 0.4) is 0 Å². The Balaban J connectivity index is 0.000000206. The fourth-order valence-corrected chi connectivity index (χ4v) is 3.45. The highest BCUT2D eigenvalue weighted by Gasteiger charge is 2.16. The number of carboxylic acid groups (broad SMARTS) is 2. The molecule has 0 bridgehead atoms. The van der Waals surface area contributed by atoms with Gasteiger partial charge in [0.1, 0.15) is 22.9 Å². The van der Waals surface area contributed by atoms with Crippen molar-refractivity contribution in [2.24, 2.45) is 0 Å². The molecule has 0 aromatic heterocycles. The van der Waals surface area contributed by atoms with E-state index in [2.05, 4.69) is 0 Å². The molecule has 0 aliphatic heterocycles. The molecule has 6 nitrogen and oxygen atoms in total. The Morgan fingerprint density at radius 2 is 1.43 bits per heavy atom. The van der Waals surface area contributed by atoms with Crippen molar-refractivity contribution in [3.63, 3.8) is 0 Å². The number of ketones is 1. The van der Waals surface area contributed by atoms with Gasteiger partial charge < -0.3 is 15.3 Å². The average Bonchev–Trinajstić information content (AvgIpc) is 2.89. The highest BCUT2D eigenvalue weighted by molar-refractivity contribution is 6.09. The van der Waals surface area contributed by atoms with E-state index in [0.29, 0.717) is 22.8 Å². The summed E-state index contributed by atoms with van der Waals surface area (Å²) in [6.07, 6.45) is 0. The van der Waals surface area contributed by atoms with E-state index in [0.717, 1.165) is 18.2 Å². The van der Waals surface area contributed by atoms with Crippen molar-refractivity contribution in [3.05, 3.63) is 125 Å². The number of benzene rings is 4. The minimum atomic E-state index is -1.32. The molecule has 0 radical (unpaired) electrons. The maximum absolute atomic E-state index is 13.5. The lowest BCUT2D eigenvalue weighted by Gasteiger charge is -2.08. The SMILES string of the molecule is CC(C(=O)O)c1cccc(C(=O)c2ccccc2)c1.O=C(O)c1cc(-c2ccc(F)cc2F)ccc1O. The molecule has 8 heteroatoms. The lowest BCUT2D eigenvalue weighted by molar-refractivity contribution is -0.138. The molecule has 3 N–H and O–H groups in total. The Kier molecular flexibility index (Phi) is 8.47. The molecule has 0 heterocycles. The standard InChI is InChI=1S/C16H14O3.C13H8F2O3/c1-11(16(18)19)13-8-5-9-14(10-13)15(17)12-6-3-2-4-7-12;14-8-2-3-9(11(15)6-8)7-1-4-12(16)10(5-7)13(17)18/h2-11H,1H3,(H,18,19);1-6,16H,(H,17,18). The van der Waals surface area contributed by atoms with Crippen LogP contribution in [-0.2, 0) is 4.79 Å². The predicted molar refractivity (Wildman–Crippen MR) is 133 cm³/mol. The summed E-state index contributed by atoms with van der Waals surface area (Å²) in [6, 6.07) is 22.4. The molecule has 4 aromatic carbocycles. The smallest absolute Gasteiger partial charge is 0.339 e. The van der Waals surface area contributed by atoms with E-state index in [1.165, 1.54) is 12.1 Å². The number of rotatable bonds is 6. The molecular weight excluding hydrogens is 482 g/mol. The van der Waals surface area contributed by atoms with Gasteiger partial charge in [-0.1, -0.05) is 54.6 Å². The number of aliphatic carboxylic acids is 1. The van der Waals surface area contributed by atoms with E-state index in [1.807, 2.05) is 6.07 Å². The van der Waals surface area contributed by atoms with Crippen molar-refractivity contribution in [1.82, 2.24) is 0 Å². The molecule has 4 aromatic rings. The molecule has 1 unspecified atom stereocenters. The topological polar surface area (TPSA) is 112 Å². The normalized spacial score (nSPS) is 11.1. The molecule has 0 saturated heterocycles. The van der Waals surface area contributed by atoms with Gasteiger partial charge in [-0.3, -0.25) is 9.59 Å². The third-order valence-corrected chi connectivity index (χ3v) is 5.52. The summed E-state index contributed by atoms with van der Waals surface area (Å²) >= 11 is 0. The highest BCUT2D eigenvalue weighted by atomic mass is 19.1. The van der Waals surface area contributed by atoms with Crippen molar-refractivity contribution in [3.8, 4) is 16.9 Å². The minimum Gasteiger partial charge on any atom is -0.507 e. The Bertz CT molecular complexity index is 1450. The number of carbonyl (C=O) groups is 3. The quantitative estimate of drug-likeness (QED) is 0.272. The zero-order valence-electron chi connectivity index (χ0n) is 19.6. The first-order valence-electron chi connectivity index (χ1n) is 11.0. The van der Waals surface area contributed by atoms with Crippen LogP contribution in [-0.4, -0.2) is 33.0 Å². The zero-order valence-corrected chi connectivity index (χ0v) is 19.6. The lowest BCUT2D eigenvalue weighted by atomic mass is 9.96. The van der Waals surface area contributed by atoms with Crippen LogP contribution in [0.25, 0.3) is 11.1 Å². The van der Waals surface area contributed by atoms with Crippen LogP contribution in [0.1, 0.15) is 44.7 Å². The fourth-order valence-electron chi connectivity index (χ4n) is 3.45. The van der Waals surface area contributed by atoms with Crippen molar-refractivity contribution in [2.45, 2.75) is 12.8 Å². The molecule has 0 aliphatic rings. The number of halogens is 2. The molecule has 37 heavy (non-hydrogen) atoms. The molecule has 0 spiro atoms. The Labute approximate surface area is 211 Å². The van der Waals surface area contributed by atoms with Gasteiger partial charge in [0.25, 0.3) is 0 Å². The second-order valence-corrected chi connectivity index (χ2v) is 8.04. The highest BCUT2D eigenvalue weighted by Crippen LogP contribution is 2.28. The number of hydrogen-bond donors (Lipinski definition) is 3. The van der Waals surface area contributed by atoms with E-state index in [4.69, 9.17) is 10.2 Å². The summed E-state index contributed by atoms with van der Waals surface area (Å²) in [5, 5.41) is 27.2. The first kappa shape index (κ1) is 26.7. The summed E-state index contributed by atoms with van der Waals surface area (Å²) in [4.78, 5) is 34.0. The molecule has 188 valence electrons. The second kappa shape index (κ2) is 11.7. The number of carbonyl (C=O) groups excluding carboxylic acids is 1. The number of aromatic hydroxyl groups is 1. The van der Waals surface area contributed by atoms with Crippen LogP contribution in [0.5, 0.6) is 5.75 Å². The summed E-state index contributed by atoms with van der Waals surface area (Å²) in [5.41, 5.74) is 1.73. The Morgan fingerprint density at radius 1 is 0.757 bits per heavy atom. The van der Waals surface area contributed by atoms with Crippen molar-refractivity contribution < 1.29 is 38.5 Å². The number of carboxylic acids is 2. The largest absolute Gasteiger partial charge is 0.507 e. The maximum atomic E-state index is 13.5. The molecule has 0 saturated carbocycles. The Hall–Kier alpha value is -4.85. The van der Waals surface area contributed by atoms with Gasteiger partial charge in [0.15, 0.2) is 5.78 Å². The predicted octanol–water partition coefficient (Wildman–Crippen LogP) is 6.14. The second-order valence-electron chi connectivity index (χ2n) is 8.04. The summed E-state index contributed by atoms with van der Waals surface area (Å²) in [5.74, 6) is -4.86. The van der Waals surface area contributed by atoms with Gasteiger partial charge in [-0.05, 0) is 48.4 Å². The molecule has 0 fully saturated rings. The van der Waals surface area contributed by atoms with Crippen LogP contribution in [0.4, 0.5) is 8.78 Å². The van der Waals surface area contributed by atoms with Gasteiger partial charge in [-0.2, -0.15) is 0 Å². The minimum absolute atomic E-state index is 0.0684. The van der Waals surface area contributed by atoms with E-state index in [-0.39, 0.29) is 22.5 Å². The number of hydrogen-bond acceptors (Lipinski definition) is 4. The van der Waals surface area contributed by atoms with E-state index in [1.54, 1.807) is 55.5 Å². The van der Waals surface area contributed by atoms with Gasteiger partial charge in [0, 0.05) is 22.8 Å². The zero-order chi connectivity index (χ0) is 27.1. The summed E-state index contributed by atoms with van der Waals surface area (Å²) in [6.45, 7) is 1.61.